The summed E-state index contributed by atoms with van der Waals surface area (Å²) in [5, 5.41) is 0.433. The molecule has 92 valence electrons. The molecule has 0 saturated carbocycles. The third-order valence-corrected chi connectivity index (χ3v) is 3.54. The van der Waals surface area contributed by atoms with Crippen LogP contribution in [0.1, 0.15) is 18.9 Å². The average Bonchev–Trinajstić information content (AvgIpc) is 2.38. The molecule has 2 aromatic rings. The topological polar surface area (TPSA) is 29.0 Å². The Morgan fingerprint density at radius 1 is 1.28 bits per heavy atom. The van der Waals surface area contributed by atoms with Gasteiger partial charge in [0.05, 0.1) is 12.4 Å². The van der Waals surface area contributed by atoms with Gasteiger partial charge in [0.25, 0.3) is 0 Å². The van der Waals surface area contributed by atoms with Gasteiger partial charge in [0.2, 0.25) is 0 Å². The first kappa shape index (κ1) is 11.5. The van der Waals surface area contributed by atoms with Gasteiger partial charge >= 0.3 is 0 Å². The number of aryl methyl sites for hydroxylation is 1. The number of para-hydroxylation sites is 1. The minimum Gasteiger partial charge on any atom is -0.322 e. The van der Waals surface area contributed by atoms with Crippen LogP contribution >= 0.6 is 11.6 Å². The van der Waals surface area contributed by atoms with Crippen molar-refractivity contribution >= 4 is 23.1 Å². The predicted molar refractivity (Wildman–Crippen MR) is 73.4 cm³/mol. The van der Waals surface area contributed by atoms with Gasteiger partial charge in [0.15, 0.2) is 5.82 Å². The number of hydrogen-bond acceptors (Lipinski definition) is 3. The molecule has 0 bridgehead atoms. The molecule has 0 radical (unpaired) electrons. The number of anilines is 2. The normalized spacial score (nSPS) is 18.6. The van der Waals surface area contributed by atoms with E-state index in [2.05, 4.69) is 46.1 Å². The van der Waals surface area contributed by atoms with Gasteiger partial charge in [-0.1, -0.05) is 29.8 Å². The molecule has 1 aliphatic rings. The molecule has 1 unspecified atom stereocenters. The minimum absolute atomic E-state index is 0.410. The predicted octanol–water partition coefficient (Wildman–Crippen LogP) is 3.60. The van der Waals surface area contributed by atoms with Gasteiger partial charge in [0, 0.05) is 11.7 Å². The molecular formula is C14H14ClN3. The quantitative estimate of drug-likeness (QED) is 0.784. The molecule has 2 heterocycles. The summed E-state index contributed by atoms with van der Waals surface area (Å²) in [6, 6.07) is 8.85. The van der Waals surface area contributed by atoms with Crippen molar-refractivity contribution in [2.75, 3.05) is 4.90 Å². The zero-order valence-corrected chi connectivity index (χ0v) is 10.9. The number of halogens is 1. The smallest absolute Gasteiger partial charge is 0.153 e. The zero-order valence-electron chi connectivity index (χ0n) is 10.2. The Bertz CT molecular complexity index is 570. The lowest BCUT2D eigenvalue weighted by Gasteiger charge is -2.35. The second kappa shape index (κ2) is 4.58. The van der Waals surface area contributed by atoms with Crippen molar-refractivity contribution in [1.82, 2.24) is 9.97 Å². The number of hydrogen-bond donors (Lipinski definition) is 0. The first-order valence-corrected chi connectivity index (χ1v) is 6.48. The molecule has 1 aromatic heterocycles. The molecule has 1 atom stereocenters. The Morgan fingerprint density at radius 3 is 2.94 bits per heavy atom. The highest BCUT2D eigenvalue weighted by atomic mass is 35.5. The van der Waals surface area contributed by atoms with Crippen LogP contribution in [0.4, 0.5) is 11.5 Å². The summed E-state index contributed by atoms with van der Waals surface area (Å²) in [4.78, 5) is 10.7. The summed E-state index contributed by atoms with van der Waals surface area (Å²) in [5.74, 6) is 0.821. The van der Waals surface area contributed by atoms with Crippen LogP contribution in [0.2, 0.25) is 5.15 Å². The van der Waals surface area contributed by atoms with E-state index in [1.165, 1.54) is 11.3 Å². The van der Waals surface area contributed by atoms with Gasteiger partial charge in [-0.05, 0) is 31.4 Å². The van der Waals surface area contributed by atoms with Crippen molar-refractivity contribution in [2.45, 2.75) is 25.8 Å². The van der Waals surface area contributed by atoms with E-state index in [9.17, 15) is 0 Å². The highest BCUT2D eigenvalue weighted by Crippen LogP contribution is 2.35. The third-order valence-electron chi connectivity index (χ3n) is 3.36. The van der Waals surface area contributed by atoms with E-state index < -0.39 is 0 Å². The fourth-order valence-corrected chi connectivity index (χ4v) is 2.63. The van der Waals surface area contributed by atoms with E-state index in [4.69, 9.17) is 11.6 Å². The summed E-state index contributed by atoms with van der Waals surface area (Å²) < 4.78 is 0. The van der Waals surface area contributed by atoms with E-state index >= 15 is 0 Å². The summed E-state index contributed by atoms with van der Waals surface area (Å²) in [6.07, 6.45) is 5.56. The SMILES string of the molecule is CC1CCc2ccccc2N1c1cncc(Cl)n1. The van der Waals surface area contributed by atoms with E-state index in [0.29, 0.717) is 11.2 Å². The molecule has 18 heavy (non-hydrogen) atoms. The molecule has 1 aromatic carbocycles. The van der Waals surface area contributed by atoms with Gasteiger partial charge in [-0.2, -0.15) is 0 Å². The Balaban J connectivity index is 2.10. The van der Waals surface area contributed by atoms with E-state index in [0.717, 1.165) is 18.7 Å². The van der Waals surface area contributed by atoms with Gasteiger partial charge in [-0.3, -0.25) is 4.98 Å². The molecule has 1 aliphatic heterocycles. The molecule has 0 fully saturated rings. The molecule has 4 heteroatoms. The first-order chi connectivity index (χ1) is 8.75. The van der Waals surface area contributed by atoms with Crippen molar-refractivity contribution < 1.29 is 0 Å². The van der Waals surface area contributed by atoms with Crippen LogP contribution in [-0.2, 0) is 6.42 Å². The van der Waals surface area contributed by atoms with Gasteiger partial charge < -0.3 is 4.90 Å². The van der Waals surface area contributed by atoms with E-state index in [-0.39, 0.29) is 0 Å². The van der Waals surface area contributed by atoms with Crippen LogP contribution in [0.5, 0.6) is 0 Å². The molecule has 0 N–H and O–H groups in total. The standard InChI is InChI=1S/C14H14ClN3/c1-10-6-7-11-4-2-3-5-12(11)18(10)14-9-16-8-13(15)17-14/h2-5,8-10H,6-7H2,1H3. The second-order valence-corrected chi connectivity index (χ2v) is 4.97. The number of fused-ring (bicyclic) bond motifs is 1. The van der Waals surface area contributed by atoms with Gasteiger partial charge in [-0.15, -0.1) is 0 Å². The zero-order chi connectivity index (χ0) is 12.5. The van der Waals surface area contributed by atoms with E-state index in [1.54, 1.807) is 12.4 Å². The molecule has 3 nitrogen and oxygen atoms in total. The average molecular weight is 260 g/mol. The molecule has 0 spiro atoms. The van der Waals surface area contributed by atoms with Crippen LogP contribution in [0.3, 0.4) is 0 Å². The Hall–Kier alpha value is -1.61. The van der Waals surface area contributed by atoms with Crippen molar-refractivity contribution in [3.8, 4) is 0 Å². The largest absolute Gasteiger partial charge is 0.322 e. The highest BCUT2D eigenvalue weighted by molar-refractivity contribution is 6.29. The minimum atomic E-state index is 0.410. The fourth-order valence-electron chi connectivity index (χ4n) is 2.49. The van der Waals surface area contributed by atoms with Crippen molar-refractivity contribution in [1.29, 1.82) is 0 Å². The van der Waals surface area contributed by atoms with Crippen molar-refractivity contribution in [3.63, 3.8) is 0 Å². The number of aromatic nitrogens is 2. The lowest BCUT2D eigenvalue weighted by Crippen LogP contribution is -2.33. The molecule has 3 rings (SSSR count). The van der Waals surface area contributed by atoms with E-state index in [1.807, 2.05) is 0 Å². The van der Waals surface area contributed by atoms with Crippen LogP contribution in [0.25, 0.3) is 0 Å². The van der Waals surface area contributed by atoms with Crippen LogP contribution < -0.4 is 4.90 Å². The Labute approximate surface area is 111 Å². The summed E-state index contributed by atoms with van der Waals surface area (Å²) >= 11 is 5.94. The monoisotopic (exact) mass is 259 g/mol. The lowest BCUT2D eigenvalue weighted by molar-refractivity contribution is 0.612. The maximum atomic E-state index is 5.94. The summed E-state index contributed by atoms with van der Waals surface area (Å²) in [6.45, 7) is 2.21. The first-order valence-electron chi connectivity index (χ1n) is 6.10. The molecule has 0 saturated heterocycles. The van der Waals surface area contributed by atoms with Gasteiger partial charge in [-0.25, -0.2) is 4.98 Å². The molecule has 0 aliphatic carbocycles. The van der Waals surface area contributed by atoms with Crippen molar-refractivity contribution in [3.05, 3.63) is 47.4 Å². The van der Waals surface area contributed by atoms with Crippen LogP contribution in [0.15, 0.2) is 36.7 Å². The summed E-state index contributed by atoms with van der Waals surface area (Å²) in [7, 11) is 0. The third kappa shape index (κ3) is 1.95. The van der Waals surface area contributed by atoms with Crippen molar-refractivity contribution in [2.24, 2.45) is 0 Å². The Kier molecular flexibility index (Phi) is 2.92. The highest BCUT2D eigenvalue weighted by Gasteiger charge is 2.25. The van der Waals surface area contributed by atoms with Gasteiger partial charge in [0.1, 0.15) is 5.15 Å². The second-order valence-electron chi connectivity index (χ2n) is 4.59. The summed E-state index contributed by atoms with van der Waals surface area (Å²) in [5.41, 5.74) is 2.57. The maximum absolute atomic E-state index is 5.94. The number of nitrogens with zero attached hydrogens (tertiary/aromatic N) is 3. The number of rotatable bonds is 1. The lowest BCUT2D eigenvalue weighted by atomic mass is 9.97. The van der Waals surface area contributed by atoms with Crippen LogP contribution in [0, 0.1) is 0 Å². The number of benzene rings is 1. The maximum Gasteiger partial charge on any atom is 0.153 e. The van der Waals surface area contributed by atoms with Crippen LogP contribution in [-0.4, -0.2) is 16.0 Å². The Morgan fingerprint density at radius 2 is 2.11 bits per heavy atom. The molecule has 0 amide bonds. The molecular weight excluding hydrogens is 246 g/mol. The fraction of sp³-hybridized carbons (Fsp3) is 0.286.